The van der Waals surface area contributed by atoms with Crippen molar-refractivity contribution in [2.45, 2.75) is 19.9 Å². The molecule has 15 heavy (non-hydrogen) atoms. The normalized spacial score (nSPS) is 13.1. The highest BCUT2D eigenvalue weighted by Crippen LogP contribution is 2.31. The first-order chi connectivity index (χ1) is 7.13. The van der Waals surface area contributed by atoms with E-state index in [1.807, 2.05) is 32.0 Å². The molecular weight excluding hydrogens is 190 g/mol. The van der Waals surface area contributed by atoms with Gasteiger partial charge >= 0.3 is 0 Å². The van der Waals surface area contributed by atoms with Crippen LogP contribution >= 0.6 is 0 Å². The molecular formula is C12H15NO2. The second-order valence-corrected chi connectivity index (χ2v) is 3.72. The first-order valence-electron chi connectivity index (χ1n) is 4.96. The van der Waals surface area contributed by atoms with Crippen LogP contribution in [0.5, 0.6) is 5.75 Å². The van der Waals surface area contributed by atoms with Crippen molar-refractivity contribution in [3.05, 3.63) is 29.5 Å². The van der Waals surface area contributed by atoms with E-state index in [0.29, 0.717) is 0 Å². The zero-order valence-corrected chi connectivity index (χ0v) is 9.20. The quantitative estimate of drug-likeness (QED) is 0.820. The fraction of sp³-hybridized carbons (Fsp3) is 0.333. The topological polar surface area (TPSA) is 48.4 Å². The Hall–Kier alpha value is -1.48. The maximum atomic E-state index is 5.92. The van der Waals surface area contributed by atoms with Crippen LogP contribution in [0.15, 0.2) is 22.6 Å². The molecule has 0 spiro atoms. The molecule has 1 heterocycles. The van der Waals surface area contributed by atoms with Crippen molar-refractivity contribution < 1.29 is 9.15 Å². The zero-order chi connectivity index (χ0) is 11.0. The van der Waals surface area contributed by atoms with Crippen molar-refractivity contribution in [1.82, 2.24) is 0 Å². The van der Waals surface area contributed by atoms with Gasteiger partial charge in [-0.1, -0.05) is 0 Å². The van der Waals surface area contributed by atoms with Crippen LogP contribution in [0.25, 0.3) is 11.0 Å². The zero-order valence-electron chi connectivity index (χ0n) is 9.20. The Morgan fingerprint density at radius 3 is 2.73 bits per heavy atom. The number of hydrogen-bond acceptors (Lipinski definition) is 3. The fourth-order valence-corrected chi connectivity index (χ4v) is 1.91. The third kappa shape index (κ3) is 1.59. The number of benzene rings is 1. The van der Waals surface area contributed by atoms with Gasteiger partial charge in [-0.15, -0.1) is 0 Å². The van der Waals surface area contributed by atoms with Gasteiger partial charge in [0, 0.05) is 17.0 Å². The number of aryl methyl sites for hydroxylation is 1. The molecule has 3 heteroatoms. The van der Waals surface area contributed by atoms with Crippen molar-refractivity contribution in [3.8, 4) is 5.75 Å². The van der Waals surface area contributed by atoms with Gasteiger partial charge in [-0.05, 0) is 32.0 Å². The minimum atomic E-state index is -0.0293. The first kappa shape index (κ1) is 10.1. The maximum Gasteiger partial charge on any atom is 0.134 e. The number of hydrogen-bond donors (Lipinski definition) is 1. The number of nitrogens with two attached hydrogens (primary N) is 1. The molecule has 2 N–H and O–H groups in total. The van der Waals surface area contributed by atoms with Crippen LogP contribution in [-0.4, -0.2) is 7.11 Å². The van der Waals surface area contributed by atoms with Crippen LogP contribution in [0.1, 0.15) is 24.3 Å². The molecule has 0 saturated heterocycles. The lowest BCUT2D eigenvalue weighted by atomic mass is 10.1. The highest BCUT2D eigenvalue weighted by molar-refractivity contribution is 5.84. The van der Waals surface area contributed by atoms with Gasteiger partial charge in [0.2, 0.25) is 0 Å². The molecule has 0 bridgehead atoms. The predicted octanol–water partition coefficient (Wildman–Crippen LogP) is 2.77. The summed E-state index contributed by atoms with van der Waals surface area (Å²) in [7, 11) is 1.65. The Kier molecular flexibility index (Phi) is 2.40. The molecule has 0 aliphatic heterocycles. The largest absolute Gasteiger partial charge is 0.497 e. The molecule has 0 fully saturated rings. The summed E-state index contributed by atoms with van der Waals surface area (Å²) in [6.45, 7) is 3.89. The molecule has 0 radical (unpaired) electrons. The lowest BCUT2D eigenvalue weighted by molar-refractivity contribution is 0.415. The molecule has 0 aliphatic carbocycles. The van der Waals surface area contributed by atoms with E-state index in [0.717, 1.165) is 28.0 Å². The summed E-state index contributed by atoms with van der Waals surface area (Å²) in [4.78, 5) is 0. The Bertz CT molecular complexity index is 486. The summed E-state index contributed by atoms with van der Waals surface area (Å²) in [6.07, 6.45) is 0. The van der Waals surface area contributed by atoms with E-state index in [2.05, 4.69) is 0 Å². The summed E-state index contributed by atoms with van der Waals surface area (Å²) < 4.78 is 10.8. The summed E-state index contributed by atoms with van der Waals surface area (Å²) in [5.41, 5.74) is 7.84. The summed E-state index contributed by atoms with van der Waals surface area (Å²) in [5.74, 6) is 1.71. The molecule has 2 rings (SSSR count). The molecule has 0 saturated carbocycles. The van der Waals surface area contributed by atoms with E-state index in [-0.39, 0.29) is 6.04 Å². The minimum absolute atomic E-state index is 0.0293. The highest BCUT2D eigenvalue weighted by atomic mass is 16.5. The number of methoxy groups -OCH3 is 1. The molecule has 0 aliphatic rings. The molecule has 0 amide bonds. The van der Waals surface area contributed by atoms with E-state index in [4.69, 9.17) is 14.9 Å². The number of furan rings is 1. The predicted molar refractivity (Wildman–Crippen MR) is 60.1 cm³/mol. The molecule has 1 aromatic carbocycles. The van der Waals surface area contributed by atoms with E-state index in [1.54, 1.807) is 7.11 Å². The molecule has 3 nitrogen and oxygen atoms in total. The fourth-order valence-electron chi connectivity index (χ4n) is 1.91. The standard InChI is InChI=1S/C12H15NO2/c1-7(13)12-8(2)15-11-5-4-9(14-3)6-10(11)12/h4-7H,13H2,1-3H3/t7-/m0/s1. The second kappa shape index (κ2) is 3.59. The summed E-state index contributed by atoms with van der Waals surface area (Å²) >= 11 is 0. The molecule has 1 aromatic heterocycles. The van der Waals surface area contributed by atoms with Crippen molar-refractivity contribution in [1.29, 1.82) is 0 Å². The van der Waals surface area contributed by atoms with Gasteiger partial charge in [0.25, 0.3) is 0 Å². The summed E-state index contributed by atoms with van der Waals surface area (Å²) in [6, 6.07) is 5.73. The third-order valence-corrected chi connectivity index (χ3v) is 2.57. The van der Waals surface area contributed by atoms with E-state index in [1.165, 1.54) is 0 Å². The average Bonchev–Trinajstić information content (AvgIpc) is 2.52. The van der Waals surface area contributed by atoms with Gasteiger partial charge < -0.3 is 14.9 Å². The molecule has 1 atom stereocenters. The SMILES string of the molecule is COc1ccc2oc(C)c([C@H](C)N)c2c1. The van der Waals surface area contributed by atoms with Crippen molar-refractivity contribution >= 4 is 11.0 Å². The lowest BCUT2D eigenvalue weighted by Crippen LogP contribution is -2.05. The third-order valence-electron chi connectivity index (χ3n) is 2.57. The van der Waals surface area contributed by atoms with Gasteiger partial charge in [0.05, 0.1) is 7.11 Å². The van der Waals surface area contributed by atoms with Crippen LogP contribution in [0.3, 0.4) is 0 Å². The van der Waals surface area contributed by atoms with E-state index >= 15 is 0 Å². The Labute approximate surface area is 88.8 Å². The smallest absolute Gasteiger partial charge is 0.134 e. The highest BCUT2D eigenvalue weighted by Gasteiger charge is 2.14. The Morgan fingerprint density at radius 2 is 2.13 bits per heavy atom. The van der Waals surface area contributed by atoms with Gasteiger partial charge in [0.1, 0.15) is 17.1 Å². The Morgan fingerprint density at radius 1 is 1.40 bits per heavy atom. The number of ether oxygens (including phenoxy) is 1. The average molecular weight is 205 g/mol. The van der Waals surface area contributed by atoms with Gasteiger partial charge in [-0.25, -0.2) is 0 Å². The number of fused-ring (bicyclic) bond motifs is 1. The second-order valence-electron chi connectivity index (χ2n) is 3.72. The van der Waals surface area contributed by atoms with Crippen LogP contribution < -0.4 is 10.5 Å². The van der Waals surface area contributed by atoms with Gasteiger partial charge in [-0.2, -0.15) is 0 Å². The summed E-state index contributed by atoms with van der Waals surface area (Å²) in [5, 5.41) is 1.04. The van der Waals surface area contributed by atoms with Gasteiger partial charge in [-0.3, -0.25) is 0 Å². The lowest BCUT2D eigenvalue weighted by Gasteiger charge is -2.04. The molecule has 0 unspecified atom stereocenters. The van der Waals surface area contributed by atoms with Crippen molar-refractivity contribution in [3.63, 3.8) is 0 Å². The van der Waals surface area contributed by atoms with Crippen LogP contribution in [0, 0.1) is 6.92 Å². The van der Waals surface area contributed by atoms with Gasteiger partial charge in [0.15, 0.2) is 0 Å². The Balaban J connectivity index is 2.72. The van der Waals surface area contributed by atoms with Crippen LogP contribution in [0.2, 0.25) is 0 Å². The maximum absolute atomic E-state index is 5.92. The first-order valence-corrected chi connectivity index (χ1v) is 4.96. The van der Waals surface area contributed by atoms with E-state index in [9.17, 15) is 0 Å². The molecule has 80 valence electrons. The van der Waals surface area contributed by atoms with Crippen LogP contribution in [0.4, 0.5) is 0 Å². The molecule has 2 aromatic rings. The van der Waals surface area contributed by atoms with E-state index < -0.39 is 0 Å². The number of rotatable bonds is 2. The van der Waals surface area contributed by atoms with Crippen LogP contribution in [-0.2, 0) is 0 Å². The minimum Gasteiger partial charge on any atom is -0.497 e. The monoisotopic (exact) mass is 205 g/mol. The van der Waals surface area contributed by atoms with Crippen molar-refractivity contribution in [2.75, 3.05) is 7.11 Å². The van der Waals surface area contributed by atoms with Crippen molar-refractivity contribution in [2.24, 2.45) is 5.73 Å².